The summed E-state index contributed by atoms with van der Waals surface area (Å²) in [5, 5.41) is 4.28. The van der Waals surface area contributed by atoms with Crippen molar-refractivity contribution in [2.24, 2.45) is 5.92 Å². The van der Waals surface area contributed by atoms with Crippen LogP contribution in [0.1, 0.15) is 51.4 Å². The van der Waals surface area contributed by atoms with Gasteiger partial charge in [-0.15, -0.1) is 0 Å². The van der Waals surface area contributed by atoms with E-state index in [1.54, 1.807) is 0 Å². The van der Waals surface area contributed by atoms with Gasteiger partial charge in [-0.25, -0.2) is 0 Å². The van der Waals surface area contributed by atoms with Crippen LogP contribution in [0.4, 0.5) is 5.69 Å². The van der Waals surface area contributed by atoms with E-state index in [-0.39, 0.29) is 0 Å². The second-order valence-electron chi connectivity index (χ2n) is 6.97. The molecule has 3 rings (SSSR count). The molecule has 1 aromatic carbocycles. The number of benzene rings is 1. The molecular weight excluding hydrogens is 308 g/mol. The van der Waals surface area contributed by atoms with Gasteiger partial charge in [0.1, 0.15) is 0 Å². The van der Waals surface area contributed by atoms with Crippen LogP contribution in [0.15, 0.2) is 24.3 Å². The average Bonchev–Trinajstić information content (AvgIpc) is 3.09. The molecule has 1 saturated heterocycles. The molecule has 2 fully saturated rings. The number of rotatable bonds is 5. The first-order valence-electron chi connectivity index (χ1n) is 9.01. The van der Waals surface area contributed by atoms with Gasteiger partial charge in [-0.3, -0.25) is 4.79 Å². The number of carbonyl (C=O) groups is 1. The molecule has 1 aromatic rings. The Kier molecular flexibility index (Phi) is 5.82. The maximum atomic E-state index is 12.4. The first-order chi connectivity index (χ1) is 11.2. The van der Waals surface area contributed by atoms with E-state index in [1.807, 2.05) is 24.3 Å². The van der Waals surface area contributed by atoms with Crippen molar-refractivity contribution in [1.29, 1.82) is 0 Å². The summed E-state index contributed by atoms with van der Waals surface area (Å²) in [6.45, 7) is 1.73. The lowest BCUT2D eigenvalue weighted by molar-refractivity contribution is -0.132. The molecule has 1 N–H and O–H groups in total. The van der Waals surface area contributed by atoms with Gasteiger partial charge >= 0.3 is 0 Å². The third-order valence-corrected chi connectivity index (χ3v) is 5.65. The number of halogens is 1. The highest BCUT2D eigenvalue weighted by atomic mass is 35.5. The molecule has 126 valence electrons. The quantitative estimate of drug-likeness (QED) is 0.845. The molecule has 3 nitrogen and oxygen atoms in total. The van der Waals surface area contributed by atoms with Crippen molar-refractivity contribution in [2.75, 3.05) is 18.4 Å². The topological polar surface area (TPSA) is 32.3 Å². The van der Waals surface area contributed by atoms with Crippen molar-refractivity contribution in [3.05, 3.63) is 29.3 Å². The molecule has 23 heavy (non-hydrogen) atoms. The number of piperidine rings is 1. The van der Waals surface area contributed by atoms with Crippen molar-refractivity contribution in [3.63, 3.8) is 0 Å². The average molecular weight is 335 g/mol. The standard InChI is InChI=1S/C19H27ClN2O/c20-17-7-3-4-8-18(17)21-16-11-13-22(14-12-16)19(23)10-9-15-5-1-2-6-15/h3-4,7-8,15-16,21H,1-2,5-6,9-14H2. The molecule has 0 radical (unpaired) electrons. The molecule has 4 heteroatoms. The maximum absolute atomic E-state index is 12.4. The van der Waals surface area contributed by atoms with E-state index in [0.717, 1.165) is 55.4 Å². The van der Waals surface area contributed by atoms with Crippen LogP contribution < -0.4 is 5.32 Å². The highest BCUT2D eigenvalue weighted by Gasteiger charge is 2.24. The minimum absolute atomic E-state index is 0.355. The van der Waals surface area contributed by atoms with Crippen molar-refractivity contribution < 1.29 is 4.79 Å². The van der Waals surface area contributed by atoms with E-state index >= 15 is 0 Å². The van der Waals surface area contributed by atoms with Crippen LogP contribution in [-0.4, -0.2) is 29.9 Å². The van der Waals surface area contributed by atoms with E-state index in [0.29, 0.717) is 11.9 Å². The minimum Gasteiger partial charge on any atom is -0.381 e. The maximum Gasteiger partial charge on any atom is 0.222 e. The Morgan fingerprint density at radius 2 is 1.83 bits per heavy atom. The van der Waals surface area contributed by atoms with Crippen LogP contribution in [0.2, 0.25) is 5.02 Å². The summed E-state index contributed by atoms with van der Waals surface area (Å²) < 4.78 is 0. The second kappa shape index (κ2) is 8.05. The van der Waals surface area contributed by atoms with Gasteiger partial charge in [0, 0.05) is 25.6 Å². The van der Waals surface area contributed by atoms with Gasteiger partial charge in [-0.05, 0) is 37.3 Å². The normalized spacial score (nSPS) is 20.0. The van der Waals surface area contributed by atoms with Crippen LogP contribution in [0.25, 0.3) is 0 Å². The van der Waals surface area contributed by atoms with Gasteiger partial charge in [0.25, 0.3) is 0 Å². The summed E-state index contributed by atoms with van der Waals surface area (Å²) in [5.74, 6) is 1.16. The molecule has 1 heterocycles. The summed E-state index contributed by atoms with van der Waals surface area (Å²) in [6, 6.07) is 8.27. The van der Waals surface area contributed by atoms with Crippen molar-refractivity contribution in [1.82, 2.24) is 4.90 Å². The van der Waals surface area contributed by atoms with Gasteiger partial charge in [-0.2, -0.15) is 0 Å². The number of anilines is 1. The van der Waals surface area contributed by atoms with Crippen molar-refractivity contribution >= 4 is 23.2 Å². The number of amides is 1. The fraction of sp³-hybridized carbons (Fsp3) is 0.632. The number of para-hydroxylation sites is 1. The molecular formula is C19H27ClN2O. The molecule has 0 aromatic heterocycles. The Hall–Kier alpha value is -1.22. The van der Waals surface area contributed by atoms with Gasteiger partial charge in [0.15, 0.2) is 0 Å². The molecule has 0 unspecified atom stereocenters. The zero-order valence-electron chi connectivity index (χ0n) is 13.8. The lowest BCUT2D eigenvalue weighted by Crippen LogP contribution is -2.42. The van der Waals surface area contributed by atoms with E-state index in [9.17, 15) is 4.79 Å². The minimum atomic E-state index is 0.355. The van der Waals surface area contributed by atoms with Gasteiger partial charge < -0.3 is 10.2 Å². The first-order valence-corrected chi connectivity index (χ1v) is 9.39. The molecule has 1 saturated carbocycles. The lowest BCUT2D eigenvalue weighted by Gasteiger charge is -2.33. The van der Waals surface area contributed by atoms with Crippen molar-refractivity contribution in [2.45, 2.75) is 57.4 Å². The Morgan fingerprint density at radius 3 is 2.52 bits per heavy atom. The number of hydrogen-bond acceptors (Lipinski definition) is 2. The Balaban J connectivity index is 1.41. The molecule has 1 aliphatic carbocycles. The molecule has 1 aliphatic heterocycles. The number of nitrogens with one attached hydrogen (secondary N) is 1. The van der Waals surface area contributed by atoms with E-state index < -0.39 is 0 Å². The third-order valence-electron chi connectivity index (χ3n) is 5.32. The van der Waals surface area contributed by atoms with Crippen LogP contribution in [0.5, 0.6) is 0 Å². The van der Waals surface area contributed by atoms with Gasteiger partial charge in [0.05, 0.1) is 10.7 Å². The smallest absolute Gasteiger partial charge is 0.222 e. The second-order valence-corrected chi connectivity index (χ2v) is 7.38. The third kappa shape index (κ3) is 4.63. The Bertz CT molecular complexity index is 520. The number of carbonyl (C=O) groups excluding carboxylic acids is 1. The van der Waals surface area contributed by atoms with Crippen LogP contribution in [0, 0.1) is 5.92 Å². The van der Waals surface area contributed by atoms with Crippen LogP contribution in [-0.2, 0) is 4.79 Å². The first kappa shape index (κ1) is 16.6. The van der Waals surface area contributed by atoms with E-state index in [4.69, 9.17) is 11.6 Å². The SMILES string of the molecule is O=C(CCC1CCCC1)N1CCC(Nc2ccccc2Cl)CC1. The fourth-order valence-electron chi connectivity index (χ4n) is 3.86. The van der Waals surface area contributed by atoms with E-state index in [1.165, 1.54) is 25.7 Å². The number of nitrogens with zero attached hydrogens (tertiary/aromatic N) is 1. The summed E-state index contributed by atoms with van der Waals surface area (Å²) in [7, 11) is 0. The number of likely N-dealkylation sites (tertiary alicyclic amines) is 1. The zero-order valence-corrected chi connectivity index (χ0v) is 14.5. The predicted molar refractivity (Wildman–Crippen MR) is 95.9 cm³/mol. The Morgan fingerprint density at radius 1 is 1.13 bits per heavy atom. The summed E-state index contributed by atoms with van der Waals surface area (Å²) in [4.78, 5) is 14.4. The lowest BCUT2D eigenvalue weighted by atomic mass is 10.00. The summed E-state index contributed by atoms with van der Waals surface area (Å²) >= 11 is 6.20. The highest BCUT2D eigenvalue weighted by molar-refractivity contribution is 6.33. The van der Waals surface area contributed by atoms with Crippen molar-refractivity contribution in [3.8, 4) is 0 Å². The number of hydrogen-bond donors (Lipinski definition) is 1. The monoisotopic (exact) mass is 334 g/mol. The molecule has 1 amide bonds. The molecule has 0 bridgehead atoms. The summed E-state index contributed by atoms with van der Waals surface area (Å²) in [6.07, 6.45) is 9.22. The van der Waals surface area contributed by atoms with Crippen LogP contribution in [0.3, 0.4) is 0 Å². The van der Waals surface area contributed by atoms with Crippen LogP contribution >= 0.6 is 11.6 Å². The Labute approximate surface area is 144 Å². The van der Waals surface area contributed by atoms with Gasteiger partial charge in [-0.1, -0.05) is 49.4 Å². The fourth-order valence-corrected chi connectivity index (χ4v) is 4.05. The molecule has 2 aliphatic rings. The predicted octanol–water partition coefficient (Wildman–Crippen LogP) is 4.71. The molecule has 0 atom stereocenters. The van der Waals surface area contributed by atoms with Gasteiger partial charge in [0.2, 0.25) is 5.91 Å². The largest absolute Gasteiger partial charge is 0.381 e. The summed E-state index contributed by atoms with van der Waals surface area (Å²) in [5.41, 5.74) is 1.00. The molecule has 0 spiro atoms. The zero-order chi connectivity index (χ0) is 16.1. The van der Waals surface area contributed by atoms with E-state index in [2.05, 4.69) is 10.2 Å². The highest BCUT2D eigenvalue weighted by Crippen LogP contribution is 2.29.